The van der Waals surface area contributed by atoms with Gasteiger partial charge in [-0.25, -0.2) is 4.98 Å². The lowest BCUT2D eigenvalue weighted by Crippen LogP contribution is -2.42. The van der Waals surface area contributed by atoms with Crippen molar-refractivity contribution in [1.29, 1.82) is 0 Å². The number of nitrogens with one attached hydrogen (secondary N) is 1. The number of morpholine rings is 1. The van der Waals surface area contributed by atoms with E-state index in [1.807, 2.05) is 17.9 Å². The molecule has 2 aromatic rings. The van der Waals surface area contributed by atoms with Gasteiger partial charge in [0.2, 0.25) is 0 Å². The molecule has 1 fully saturated rings. The second kappa shape index (κ2) is 6.36. The van der Waals surface area contributed by atoms with Crippen molar-refractivity contribution in [1.82, 2.24) is 20.1 Å². The molecule has 2 heterocycles. The van der Waals surface area contributed by atoms with Crippen molar-refractivity contribution in [2.24, 2.45) is 0 Å². The lowest BCUT2D eigenvalue weighted by atomic mass is 9.90. The average Bonchev–Trinajstić information content (AvgIpc) is 3.07. The number of aryl methyl sites for hydroxylation is 3. The lowest BCUT2D eigenvalue weighted by Gasteiger charge is -2.32. The predicted octanol–water partition coefficient (Wildman–Crippen LogP) is 2.21. The zero-order valence-corrected chi connectivity index (χ0v) is 13.9. The number of ether oxygens (including phenoxy) is 1. The number of aromatic nitrogens is 3. The number of carbonyl (C=O) groups excluding carboxylic acids is 1. The van der Waals surface area contributed by atoms with E-state index in [1.54, 1.807) is 0 Å². The molecule has 6 heteroatoms. The van der Waals surface area contributed by atoms with Crippen LogP contribution in [-0.2, 0) is 17.6 Å². The Bertz CT molecular complexity index is 755. The number of hydrogen-bond acceptors (Lipinski definition) is 4. The zero-order chi connectivity index (χ0) is 16.5. The third-order valence-electron chi connectivity index (χ3n) is 4.85. The number of fused-ring (bicyclic) bond motifs is 1. The van der Waals surface area contributed by atoms with Crippen molar-refractivity contribution in [3.63, 3.8) is 0 Å². The van der Waals surface area contributed by atoms with Gasteiger partial charge in [0.1, 0.15) is 11.9 Å². The van der Waals surface area contributed by atoms with E-state index in [9.17, 15) is 4.79 Å². The van der Waals surface area contributed by atoms with Crippen LogP contribution in [0, 0.1) is 6.92 Å². The normalized spacial score (nSPS) is 20.7. The monoisotopic (exact) mass is 326 g/mol. The fourth-order valence-electron chi connectivity index (χ4n) is 3.54. The van der Waals surface area contributed by atoms with Gasteiger partial charge in [0.25, 0.3) is 5.91 Å². The molecule has 0 spiro atoms. The Hall–Kier alpha value is -2.21. The lowest BCUT2D eigenvalue weighted by molar-refractivity contribution is -0.0266. The molecule has 2 aliphatic rings. The number of nitrogens with zero attached hydrogens (tertiary/aromatic N) is 3. The van der Waals surface area contributed by atoms with Gasteiger partial charge in [-0.3, -0.25) is 9.89 Å². The van der Waals surface area contributed by atoms with Crippen molar-refractivity contribution >= 4 is 5.91 Å². The minimum absolute atomic E-state index is 0.0731. The maximum Gasteiger partial charge on any atom is 0.254 e. The quantitative estimate of drug-likeness (QED) is 0.918. The zero-order valence-electron chi connectivity index (χ0n) is 13.9. The highest BCUT2D eigenvalue weighted by Gasteiger charge is 2.28. The molecule has 0 bridgehead atoms. The summed E-state index contributed by atoms with van der Waals surface area (Å²) in [6.45, 7) is 3.47. The van der Waals surface area contributed by atoms with Gasteiger partial charge >= 0.3 is 0 Å². The second-order valence-electron chi connectivity index (χ2n) is 6.58. The van der Waals surface area contributed by atoms with Crippen LogP contribution in [0.25, 0.3) is 0 Å². The first-order valence-corrected chi connectivity index (χ1v) is 8.62. The van der Waals surface area contributed by atoms with Crippen LogP contribution in [0.15, 0.2) is 18.2 Å². The highest BCUT2D eigenvalue weighted by molar-refractivity contribution is 5.94. The van der Waals surface area contributed by atoms with Gasteiger partial charge in [-0.1, -0.05) is 6.07 Å². The molecular weight excluding hydrogens is 304 g/mol. The fourth-order valence-corrected chi connectivity index (χ4v) is 3.54. The van der Waals surface area contributed by atoms with Gasteiger partial charge in [-0.05, 0) is 55.9 Å². The number of carbonyl (C=O) groups is 1. The molecule has 1 N–H and O–H groups in total. The Morgan fingerprint density at radius 2 is 2.12 bits per heavy atom. The maximum absolute atomic E-state index is 12.9. The summed E-state index contributed by atoms with van der Waals surface area (Å²) >= 11 is 0. The van der Waals surface area contributed by atoms with E-state index >= 15 is 0 Å². The number of hydrogen-bond donors (Lipinski definition) is 1. The summed E-state index contributed by atoms with van der Waals surface area (Å²) in [7, 11) is 0. The molecule has 126 valence electrons. The van der Waals surface area contributed by atoms with E-state index in [0.29, 0.717) is 25.5 Å². The minimum Gasteiger partial charge on any atom is -0.366 e. The number of H-pyrrole nitrogens is 1. The fraction of sp³-hybridized carbons (Fsp3) is 0.500. The van der Waals surface area contributed by atoms with E-state index in [4.69, 9.17) is 4.74 Å². The smallest absolute Gasteiger partial charge is 0.254 e. The number of rotatable bonds is 2. The van der Waals surface area contributed by atoms with E-state index in [2.05, 4.69) is 27.3 Å². The highest BCUT2D eigenvalue weighted by atomic mass is 16.5. The molecule has 4 rings (SSSR count). The van der Waals surface area contributed by atoms with Gasteiger partial charge in [-0.2, -0.15) is 5.10 Å². The minimum atomic E-state index is -0.259. The van der Waals surface area contributed by atoms with Gasteiger partial charge < -0.3 is 9.64 Å². The van der Waals surface area contributed by atoms with Crippen LogP contribution in [0.2, 0.25) is 0 Å². The van der Waals surface area contributed by atoms with E-state index < -0.39 is 0 Å². The molecule has 6 nitrogen and oxygen atoms in total. The number of aromatic amines is 1. The van der Waals surface area contributed by atoms with E-state index in [0.717, 1.165) is 24.2 Å². The Morgan fingerprint density at radius 1 is 1.29 bits per heavy atom. The summed E-state index contributed by atoms with van der Waals surface area (Å²) in [6, 6.07) is 6.17. The van der Waals surface area contributed by atoms with E-state index in [-0.39, 0.29) is 12.0 Å². The highest BCUT2D eigenvalue weighted by Crippen LogP contribution is 2.24. The average molecular weight is 326 g/mol. The molecule has 1 atom stereocenters. The van der Waals surface area contributed by atoms with Crippen molar-refractivity contribution in [2.75, 3.05) is 19.7 Å². The molecule has 1 aliphatic carbocycles. The van der Waals surface area contributed by atoms with Gasteiger partial charge in [0, 0.05) is 12.1 Å². The molecule has 0 saturated carbocycles. The predicted molar refractivity (Wildman–Crippen MR) is 88.8 cm³/mol. The molecule has 1 saturated heterocycles. The van der Waals surface area contributed by atoms with E-state index in [1.165, 1.54) is 24.0 Å². The molecule has 0 radical (unpaired) electrons. The third-order valence-corrected chi connectivity index (χ3v) is 4.85. The number of amides is 1. The summed E-state index contributed by atoms with van der Waals surface area (Å²) in [5, 5.41) is 7.00. The van der Waals surface area contributed by atoms with Crippen LogP contribution in [0.5, 0.6) is 0 Å². The molecule has 0 unspecified atom stereocenters. The summed E-state index contributed by atoms with van der Waals surface area (Å²) in [5.41, 5.74) is 3.51. The molecule has 1 aromatic carbocycles. The standard InChI is InChI=1S/C18H22N4O2/c1-12-19-17(21-20-12)16-11-22(8-9-24-16)18(23)15-7-6-13-4-2-3-5-14(13)10-15/h6-7,10,16H,2-5,8-9,11H2,1H3,(H,19,20,21)/t16-/m1/s1. The molecule has 1 amide bonds. The van der Waals surface area contributed by atoms with Gasteiger partial charge in [0.05, 0.1) is 13.2 Å². The summed E-state index contributed by atoms with van der Waals surface area (Å²) in [6.07, 6.45) is 4.42. The second-order valence-corrected chi connectivity index (χ2v) is 6.58. The Balaban J connectivity index is 1.51. The van der Waals surface area contributed by atoms with Gasteiger partial charge in [-0.15, -0.1) is 0 Å². The van der Waals surface area contributed by atoms with Crippen molar-refractivity contribution in [3.05, 3.63) is 46.5 Å². The Kier molecular flexibility index (Phi) is 4.06. The van der Waals surface area contributed by atoms with Crippen LogP contribution in [-0.4, -0.2) is 45.7 Å². The molecular formula is C18H22N4O2. The third kappa shape index (κ3) is 2.94. The van der Waals surface area contributed by atoms with Crippen molar-refractivity contribution in [3.8, 4) is 0 Å². The maximum atomic E-state index is 12.9. The van der Waals surface area contributed by atoms with Crippen LogP contribution in [0.1, 0.15) is 52.1 Å². The molecule has 24 heavy (non-hydrogen) atoms. The molecule has 1 aromatic heterocycles. The Labute approximate surface area is 141 Å². The Morgan fingerprint density at radius 3 is 2.92 bits per heavy atom. The van der Waals surface area contributed by atoms with Crippen molar-refractivity contribution in [2.45, 2.75) is 38.7 Å². The van der Waals surface area contributed by atoms with Crippen LogP contribution < -0.4 is 0 Å². The summed E-state index contributed by atoms with van der Waals surface area (Å²) in [4.78, 5) is 19.1. The van der Waals surface area contributed by atoms with Crippen molar-refractivity contribution < 1.29 is 9.53 Å². The number of benzene rings is 1. The van der Waals surface area contributed by atoms with Crippen LogP contribution >= 0.6 is 0 Å². The van der Waals surface area contributed by atoms with Crippen LogP contribution in [0.4, 0.5) is 0 Å². The topological polar surface area (TPSA) is 71.1 Å². The first-order valence-electron chi connectivity index (χ1n) is 8.62. The summed E-state index contributed by atoms with van der Waals surface area (Å²) in [5.74, 6) is 1.45. The van der Waals surface area contributed by atoms with Gasteiger partial charge in [0.15, 0.2) is 5.82 Å². The SMILES string of the molecule is Cc1nc([C@H]2CN(C(=O)c3ccc4c(c3)CCCC4)CCO2)n[nH]1. The van der Waals surface area contributed by atoms with Crippen LogP contribution in [0.3, 0.4) is 0 Å². The largest absolute Gasteiger partial charge is 0.366 e. The summed E-state index contributed by atoms with van der Waals surface area (Å²) < 4.78 is 5.75. The molecule has 1 aliphatic heterocycles. The first-order chi connectivity index (χ1) is 11.7. The first kappa shape index (κ1) is 15.3.